The third-order valence-corrected chi connectivity index (χ3v) is 5.07. The van der Waals surface area contributed by atoms with Gasteiger partial charge in [0.1, 0.15) is 17.1 Å². The Morgan fingerprint density at radius 3 is 2.32 bits per heavy atom. The zero-order valence-electron chi connectivity index (χ0n) is 18.6. The number of benzene rings is 2. The summed E-state index contributed by atoms with van der Waals surface area (Å²) in [5, 5.41) is 20.5. The quantitative estimate of drug-likeness (QED) is 0.376. The summed E-state index contributed by atoms with van der Waals surface area (Å²) in [6.07, 6.45) is 6.13. The molecule has 2 aromatic rings. The van der Waals surface area contributed by atoms with Gasteiger partial charge in [-0.05, 0) is 51.7 Å². The van der Waals surface area contributed by atoms with Crippen LogP contribution in [0.1, 0.15) is 65.5 Å². The lowest BCUT2D eigenvalue weighted by atomic mass is 9.93. The van der Waals surface area contributed by atoms with E-state index in [1.807, 2.05) is 13.0 Å². The first kappa shape index (κ1) is 23.9. The molecule has 0 radical (unpaired) electrons. The van der Waals surface area contributed by atoms with Crippen LogP contribution in [-0.4, -0.2) is 29.1 Å². The molecule has 2 N–H and O–H groups in total. The summed E-state index contributed by atoms with van der Waals surface area (Å²) in [5.74, 6) is -1.49. The first-order chi connectivity index (χ1) is 14.7. The van der Waals surface area contributed by atoms with E-state index in [0.29, 0.717) is 23.3 Å². The van der Waals surface area contributed by atoms with Gasteiger partial charge in [0.15, 0.2) is 5.78 Å². The number of ether oxygens (including phenoxy) is 1. The molecular formula is C26H30O5. The van der Waals surface area contributed by atoms with Crippen molar-refractivity contribution in [3.63, 3.8) is 0 Å². The van der Waals surface area contributed by atoms with E-state index >= 15 is 0 Å². The monoisotopic (exact) mass is 422 g/mol. The normalized spacial score (nSPS) is 11.2. The number of allylic oxidation sites excluding steroid dienone is 4. The van der Waals surface area contributed by atoms with Crippen molar-refractivity contribution in [1.29, 1.82) is 0 Å². The molecule has 0 aliphatic carbocycles. The van der Waals surface area contributed by atoms with Gasteiger partial charge in [0, 0.05) is 17.5 Å². The van der Waals surface area contributed by atoms with Gasteiger partial charge in [0.05, 0.1) is 7.11 Å². The maximum absolute atomic E-state index is 12.6. The number of aromatic hydroxyl groups is 1. The smallest absolute Gasteiger partial charge is 0.339 e. The standard InChI is InChI=1S/C26H30O5/c1-17(2)9-8-10-18(3)13-14-21-23(31-4)16-20(24(25(21)28)26(29)30)15-22(27)19-11-6-5-7-12-19/h5-7,9,11-13,16,28H,8,10,14-15H2,1-4H3,(H,29,30)/b18-13+. The molecule has 0 atom stereocenters. The van der Waals surface area contributed by atoms with Crippen molar-refractivity contribution in [2.75, 3.05) is 7.11 Å². The van der Waals surface area contributed by atoms with Gasteiger partial charge in [-0.25, -0.2) is 4.79 Å². The molecule has 0 aliphatic heterocycles. The maximum Gasteiger partial charge on any atom is 0.339 e. The Balaban J connectivity index is 2.36. The molecule has 0 bridgehead atoms. The van der Waals surface area contributed by atoms with Gasteiger partial charge in [-0.1, -0.05) is 53.6 Å². The molecule has 0 heterocycles. The molecule has 164 valence electrons. The zero-order valence-corrected chi connectivity index (χ0v) is 18.6. The first-order valence-electron chi connectivity index (χ1n) is 10.3. The van der Waals surface area contributed by atoms with Crippen LogP contribution in [0.5, 0.6) is 11.5 Å². The minimum Gasteiger partial charge on any atom is -0.507 e. The number of phenols is 1. The Bertz CT molecular complexity index is 996. The van der Waals surface area contributed by atoms with Gasteiger partial charge in [-0.3, -0.25) is 4.79 Å². The molecule has 0 amide bonds. The topological polar surface area (TPSA) is 83.8 Å². The summed E-state index contributed by atoms with van der Waals surface area (Å²) in [4.78, 5) is 24.5. The molecule has 0 saturated carbocycles. The molecule has 0 unspecified atom stereocenters. The predicted octanol–water partition coefficient (Wildman–Crippen LogP) is 5.76. The van der Waals surface area contributed by atoms with Crippen molar-refractivity contribution in [1.82, 2.24) is 0 Å². The number of carbonyl (C=O) groups is 2. The fraction of sp³-hybridized carbons (Fsp3) is 0.308. The van der Waals surface area contributed by atoms with Crippen molar-refractivity contribution in [2.45, 2.75) is 46.5 Å². The molecule has 2 rings (SSSR count). The Labute approximate surface area is 183 Å². The number of rotatable bonds is 10. The molecule has 0 aromatic heterocycles. The number of ketones is 1. The van der Waals surface area contributed by atoms with E-state index in [1.165, 1.54) is 12.7 Å². The van der Waals surface area contributed by atoms with Gasteiger partial charge >= 0.3 is 5.97 Å². The molecule has 0 fully saturated rings. The van der Waals surface area contributed by atoms with E-state index in [-0.39, 0.29) is 29.1 Å². The van der Waals surface area contributed by atoms with Crippen molar-refractivity contribution in [3.8, 4) is 11.5 Å². The highest BCUT2D eigenvalue weighted by Gasteiger charge is 2.24. The summed E-state index contributed by atoms with van der Waals surface area (Å²) >= 11 is 0. The molecule has 0 spiro atoms. The van der Waals surface area contributed by atoms with Crippen LogP contribution < -0.4 is 4.74 Å². The Morgan fingerprint density at radius 1 is 1.06 bits per heavy atom. The predicted molar refractivity (Wildman–Crippen MR) is 122 cm³/mol. The average Bonchev–Trinajstić information content (AvgIpc) is 2.72. The lowest BCUT2D eigenvalue weighted by Crippen LogP contribution is -2.11. The number of methoxy groups -OCH3 is 1. The van der Waals surface area contributed by atoms with Crippen LogP contribution in [-0.2, 0) is 12.8 Å². The van der Waals surface area contributed by atoms with Crippen LogP contribution >= 0.6 is 0 Å². The van der Waals surface area contributed by atoms with Crippen molar-refractivity contribution in [2.24, 2.45) is 0 Å². The molecule has 0 saturated heterocycles. The number of hydrogen-bond donors (Lipinski definition) is 2. The molecule has 5 nitrogen and oxygen atoms in total. The Hall–Kier alpha value is -3.34. The zero-order chi connectivity index (χ0) is 23.0. The summed E-state index contributed by atoms with van der Waals surface area (Å²) in [6, 6.07) is 10.2. The van der Waals surface area contributed by atoms with Crippen LogP contribution in [0.3, 0.4) is 0 Å². The second-order valence-electron chi connectivity index (χ2n) is 7.79. The summed E-state index contributed by atoms with van der Waals surface area (Å²) in [7, 11) is 1.47. The van der Waals surface area contributed by atoms with Crippen LogP contribution in [0.4, 0.5) is 0 Å². The SMILES string of the molecule is COc1cc(CC(=O)c2ccccc2)c(C(=O)O)c(O)c1C/C=C(\C)CCC=C(C)C. The van der Waals surface area contributed by atoms with Gasteiger partial charge in [0.2, 0.25) is 0 Å². The summed E-state index contributed by atoms with van der Waals surface area (Å²) in [6.45, 7) is 6.12. The number of carbonyl (C=O) groups excluding carboxylic acids is 1. The van der Waals surface area contributed by atoms with Crippen LogP contribution in [0, 0.1) is 0 Å². The third kappa shape index (κ3) is 6.57. The number of Topliss-reactive ketones (excluding diaryl/α,β-unsaturated/α-hetero) is 1. The van der Waals surface area contributed by atoms with Gasteiger partial charge in [-0.15, -0.1) is 0 Å². The van der Waals surface area contributed by atoms with Crippen molar-refractivity contribution in [3.05, 3.63) is 82.0 Å². The molecule has 5 heteroatoms. The van der Waals surface area contributed by atoms with Crippen LogP contribution in [0.15, 0.2) is 59.7 Å². The van der Waals surface area contributed by atoms with E-state index < -0.39 is 5.97 Å². The fourth-order valence-electron chi connectivity index (χ4n) is 3.36. The third-order valence-electron chi connectivity index (χ3n) is 5.07. The van der Waals surface area contributed by atoms with E-state index in [0.717, 1.165) is 18.4 Å². The number of hydrogen-bond acceptors (Lipinski definition) is 4. The second-order valence-corrected chi connectivity index (χ2v) is 7.79. The fourth-order valence-corrected chi connectivity index (χ4v) is 3.36. The lowest BCUT2D eigenvalue weighted by Gasteiger charge is -2.16. The molecule has 31 heavy (non-hydrogen) atoms. The summed E-state index contributed by atoms with van der Waals surface area (Å²) < 4.78 is 5.43. The van der Waals surface area contributed by atoms with E-state index in [9.17, 15) is 19.8 Å². The van der Waals surface area contributed by atoms with Crippen molar-refractivity contribution >= 4 is 11.8 Å². The highest BCUT2D eigenvalue weighted by Crippen LogP contribution is 2.36. The number of carboxylic acids is 1. The van der Waals surface area contributed by atoms with E-state index in [1.54, 1.807) is 36.4 Å². The van der Waals surface area contributed by atoms with Crippen LogP contribution in [0.2, 0.25) is 0 Å². The largest absolute Gasteiger partial charge is 0.507 e. The van der Waals surface area contributed by atoms with E-state index in [4.69, 9.17) is 4.74 Å². The lowest BCUT2D eigenvalue weighted by molar-refractivity contribution is 0.0692. The first-order valence-corrected chi connectivity index (χ1v) is 10.3. The average molecular weight is 423 g/mol. The highest BCUT2D eigenvalue weighted by molar-refractivity contribution is 6.01. The Morgan fingerprint density at radius 2 is 1.74 bits per heavy atom. The highest BCUT2D eigenvalue weighted by atomic mass is 16.5. The number of aromatic carboxylic acids is 1. The minimum atomic E-state index is -1.28. The molecule has 0 aliphatic rings. The van der Waals surface area contributed by atoms with Crippen LogP contribution in [0.25, 0.3) is 0 Å². The van der Waals surface area contributed by atoms with E-state index in [2.05, 4.69) is 19.9 Å². The molecular weight excluding hydrogens is 392 g/mol. The minimum absolute atomic E-state index is 0.145. The van der Waals surface area contributed by atoms with Crippen molar-refractivity contribution < 1.29 is 24.5 Å². The van der Waals surface area contributed by atoms with Gasteiger partial charge < -0.3 is 14.9 Å². The van der Waals surface area contributed by atoms with Gasteiger partial charge in [-0.2, -0.15) is 0 Å². The Kier molecular flexibility index (Phi) is 8.62. The number of carboxylic acid groups (broad SMARTS) is 1. The maximum atomic E-state index is 12.6. The molecule has 2 aromatic carbocycles. The summed E-state index contributed by atoms with van der Waals surface area (Å²) in [5.41, 5.74) is 3.26. The van der Waals surface area contributed by atoms with Gasteiger partial charge in [0.25, 0.3) is 0 Å². The second kappa shape index (κ2) is 11.2.